The summed E-state index contributed by atoms with van der Waals surface area (Å²) in [6.45, 7) is 5.51. The summed E-state index contributed by atoms with van der Waals surface area (Å²) in [7, 11) is 0. The summed E-state index contributed by atoms with van der Waals surface area (Å²) in [5, 5.41) is 3.10. The molecule has 0 spiro atoms. The molecule has 0 fully saturated rings. The molecule has 1 amide bonds. The summed E-state index contributed by atoms with van der Waals surface area (Å²) in [4.78, 5) is 25.8. The smallest absolute Gasteiger partial charge is 0.261 e. The predicted molar refractivity (Wildman–Crippen MR) is 64.0 cm³/mol. The molecule has 0 unspecified atom stereocenters. The van der Waals surface area contributed by atoms with Crippen molar-refractivity contribution in [3.05, 3.63) is 32.7 Å². The number of amides is 1. The van der Waals surface area contributed by atoms with Crippen LogP contribution in [0.1, 0.15) is 36.3 Å². The Hall–Kier alpha value is -1.29. The van der Waals surface area contributed by atoms with Crippen molar-refractivity contribution in [3.8, 4) is 0 Å². The van der Waals surface area contributed by atoms with Crippen LogP contribution in [-0.2, 0) is 0 Å². The van der Waals surface area contributed by atoms with Gasteiger partial charge in [-0.05, 0) is 26.3 Å². The number of aromatic amines is 1. The first-order valence-corrected chi connectivity index (χ1v) is 5.53. The van der Waals surface area contributed by atoms with Gasteiger partial charge in [-0.1, -0.05) is 18.5 Å². The number of carbonyl (C=O) groups excluding carboxylic acids is 1. The first-order valence-electron chi connectivity index (χ1n) is 5.16. The average molecular weight is 243 g/mol. The highest BCUT2D eigenvalue weighted by atomic mass is 35.5. The third-order valence-electron chi connectivity index (χ3n) is 2.41. The van der Waals surface area contributed by atoms with Crippen LogP contribution in [0.3, 0.4) is 0 Å². The Bertz CT molecular complexity index is 454. The van der Waals surface area contributed by atoms with Gasteiger partial charge < -0.3 is 10.3 Å². The molecule has 0 radical (unpaired) electrons. The van der Waals surface area contributed by atoms with E-state index in [1.807, 2.05) is 13.8 Å². The summed E-state index contributed by atoms with van der Waals surface area (Å²) < 4.78 is 0. The van der Waals surface area contributed by atoms with Gasteiger partial charge in [0.05, 0.1) is 5.02 Å². The van der Waals surface area contributed by atoms with Crippen molar-refractivity contribution in [3.63, 3.8) is 0 Å². The molecule has 1 heterocycles. The Labute approximate surface area is 99.0 Å². The van der Waals surface area contributed by atoms with E-state index in [-0.39, 0.29) is 11.6 Å². The van der Waals surface area contributed by atoms with Gasteiger partial charge in [-0.25, -0.2) is 0 Å². The van der Waals surface area contributed by atoms with Crippen molar-refractivity contribution in [1.82, 2.24) is 10.3 Å². The SMILES string of the molecule is CC[C@H](C)NC(=O)c1cc(Cl)c(C)[nH]c1=O. The van der Waals surface area contributed by atoms with Gasteiger partial charge in [0, 0.05) is 11.7 Å². The summed E-state index contributed by atoms with van der Waals surface area (Å²) in [5.41, 5.74) is 0.199. The molecule has 1 aromatic heterocycles. The molecule has 0 aliphatic rings. The van der Waals surface area contributed by atoms with Crippen LogP contribution in [0.25, 0.3) is 0 Å². The lowest BCUT2D eigenvalue weighted by Gasteiger charge is -2.11. The minimum atomic E-state index is -0.414. The average Bonchev–Trinajstić information content (AvgIpc) is 2.23. The second-order valence-electron chi connectivity index (χ2n) is 3.77. The van der Waals surface area contributed by atoms with E-state index < -0.39 is 11.5 Å². The molecule has 0 bridgehead atoms. The van der Waals surface area contributed by atoms with E-state index in [0.717, 1.165) is 6.42 Å². The summed E-state index contributed by atoms with van der Waals surface area (Å²) in [5.74, 6) is -0.391. The van der Waals surface area contributed by atoms with Crippen LogP contribution in [0.4, 0.5) is 0 Å². The number of nitrogens with one attached hydrogen (secondary N) is 2. The Kier molecular flexibility index (Phi) is 4.12. The molecule has 88 valence electrons. The molecule has 5 heteroatoms. The third-order valence-corrected chi connectivity index (χ3v) is 2.80. The Morgan fingerprint density at radius 2 is 2.25 bits per heavy atom. The van der Waals surface area contributed by atoms with Crippen LogP contribution >= 0.6 is 11.6 Å². The van der Waals surface area contributed by atoms with Crippen LogP contribution < -0.4 is 10.9 Å². The van der Waals surface area contributed by atoms with Gasteiger partial charge in [0.2, 0.25) is 0 Å². The van der Waals surface area contributed by atoms with E-state index in [2.05, 4.69) is 10.3 Å². The van der Waals surface area contributed by atoms with Crippen molar-refractivity contribution in [2.45, 2.75) is 33.2 Å². The maximum absolute atomic E-state index is 11.7. The number of aryl methyl sites for hydroxylation is 1. The first-order chi connectivity index (χ1) is 7.45. The fourth-order valence-corrected chi connectivity index (χ4v) is 1.33. The molecule has 0 saturated carbocycles. The standard InChI is InChI=1S/C11H15ClN2O2/c1-4-6(2)13-10(15)8-5-9(12)7(3)14-11(8)16/h5-6H,4H2,1-3H3,(H,13,15)(H,14,16)/t6-/m0/s1. The van der Waals surface area contributed by atoms with Gasteiger partial charge in [-0.15, -0.1) is 0 Å². The molecule has 1 rings (SSSR count). The number of hydrogen-bond acceptors (Lipinski definition) is 2. The van der Waals surface area contributed by atoms with Gasteiger partial charge in [0.1, 0.15) is 5.56 Å². The molecular weight excluding hydrogens is 228 g/mol. The topological polar surface area (TPSA) is 62.0 Å². The molecule has 0 aliphatic carbocycles. The van der Waals surface area contributed by atoms with Gasteiger partial charge in [-0.2, -0.15) is 0 Å². The van der Waals surface area contributed by atoms with Crippen LogP contribution in [0.5, 0.6) is 0 Å². The molecule has 0 saturated heterocycles. The van der Waals surface area contributed by atoms with Crippen LogP contribution in [0.2, 0.25) is 5.02 Å². The summed E-state index contributed by atoms with van der Waals surface area (Å²) in [6.07, 6.45) is 0.809. The molecule has 0 aromatic carbocycles. The highest BCUT2D eigenvalue weighted by Crippen LogP contribution is 2.11. The van der Waals surface area contributed by atoms with E-state index in [4.69, 9.17) is 11.6 Å². The largest absolute Gasteiger partial charge is 0.349 e. The van der Waals surface area contributed by atoms with E-state index in [1.165, 1.54) is 6.07 Å². The van der Waals surface area contributed by atoms with Gasteiger partial charge >= 0.3 is 0 Å². The third kappa shape index (κ3) is 2.85. The van der Waals surface area contributed by atoms with E-state index in [1.54, 1.807) is 6.92 Å². The predicted octanol–water partition coefficient (Wildman–Crippen LogP) is 1.87. The second kappa shape index (κ2) is 5.16. The van der Waals surface area contributed by atoms with Gasteiger partial charge in [0.15, 0.2) is 0 Å². The van der Waals surface area contributed by atoms with Crippen LogP contribution in [0, 0.1) is 6.92 Å². The minimum absolute atomic E-state index is 0.0342. The van der Waals surface area contributed by atoms with E-state index in [0.29, 0.717) is 10.7 Å². The fraction of sp³-hybridized carbons (Fsp3) is 0.455. The number of rotatable bonds is 3. The Morgan fingerprint density at radius 1 is 1.62 bits per heavy atom. The molecule has 1 aromatic rings. The first kappa shape index (κ1) is 12.8. The number of halogens is 1. The van der Waals surface area contributed by atoms with Gasteiger partial charge in [0.25, 0.3) is 11.5 Å². The van der Waals surface area contributed by atoms with Crippen molar-refractivity contribution in [2.75, 3.05) is 0 Å². The summed E-state index contributed by atoms with van der Waals surface area (Å²) >= 11 is 5.85. The lowest BCUT2D eigenvalue weighted by molar-refractivity contribution is 0.0937. The highest BCUT2D eigenvalue weighted by Gasteiger charge is 2.14. The van der Waals surface area contributed by atoms with Crippen molar-refractivity contribution in [1.29, 1.82) is 0 Å². The van der Waals surface area contributed by atoms with Crippen molar-refractivity contribution >= 4 is 17.5 Å². The highest BCUT2D eigenvalue weighted by molar-refractivity contribution is 6.31. The van der Waals surface area contributed by atoms with E-state index in [9.17, 15) is 9.59 Å². The van der Waals surface area contributed by atoms with Crippen molar-refractivity contribution in [2.24, 2.45) is 0 Å². The van der Waals surface area contributed by atoms with Crippen LogP contribution in [0.15, 0.2) is 10.9 Å². The lowest BCUT2D eigenvalue weighted by atomic mass is 10.2. The van der Waals surface area contributed by atoms with E-state index >= 15 is 0 Å². The second-order valence-corrected chi connectivity index (χ2v) is 4.18. The maximum atomic E-state index is 11.7. The number of pyridine rings is 1. The number of carbonyl (C=O) groups is 1. The zero-order valence-electron chi connectivity index (χ0n) is 9.56. The maximum Gasteiger partial charge on any atom is 0.261 e. The number of aromatic nitrogens is 1. The van der Waals surface area contributed by atoms with Crippen LogP contribution in [-0.4, -0.2) is 16.9 Å². The zero-order chi connectivity index (χ0) is 12.3. The molecular formula is C11H15ClN2O2. The monoisotopic (exact) mass is 242 g/mol. The van der Waals surface area contributed by atoms with Crippen molar-refractivity contribution < 1.29 is 4.79 Å². The Morgan fingerprint density at radius 3 is 2.81 bits per heavy atom. The van der Waals surface area contributed by atoms with Gasteiger partial charge in [-0.3, -0.25) is 9.59 Å². The lowest BCUT2D eigenvalue weighted by Crippen LogP contribution is -2.35. The quantitative estimate of drug-likeness (QED) is 0.850. The molecule has 0 aliphatic heterocycles. The number of hydrogen-bond donors (Lipinski definition) is 2. The minimum Gasteiger partial charge on any atom is -0.349 e. The Balaban J connectivity index is 3.01. The molecule has 2 N–H and O–H groups in total. The zero-order valence-corrected chi connectivity index (χ0v) is 10.3. The normalized spacial score (nSPS) is 12.2. The fourth-order valence-electron chi connectivity index (χ4n) is 1.17. The molecule has 16 heavy (non-hydrogen) atoms. The number of H-pyrrole nitrogens is 1. The summed E-state index contributed by atoms with van der Waals surface area (Å²) in [6, 6.07) is 1.43. The molecule has 4 nitrogen and oxygen atoms in total. The molecule has 1 atom stereocenters.